The molecule has 1 saturated heterocycles. The molecule has 3 nitrogen and oxygen atoms in total. The molecule has 0 radical (unpaired) electrons. The Morgan fingerprint density at radius 1 is 1.50 bits per heavy atom. The van der Waals surface area contributed by atoms with Gasteiger partial charge >= 0.3 is 0 Å². The summed E-state index contributed by atoms with van der Waals surface area (Å²) in [6.45, 7) is 7.63. The quantitative estimate of drug-likeness (QED) is 0.824. The largest absolute Gasteiger partial charge is 0.375 e. The molecule has 2 N–H and O–H groups in total. The van der Waals surface area contributed by atoms with Crippen molar-refractivity contribution in [1.82, 2.24) is 0 Å². The van der Waals surface area contributed by atoms with Crippen LogP contribution < -0.4 is 10.6 Å². The van der Waals surface area contributed by atoms with Gasteiger partial charge in [-0.3, -0.25) is 0 Å². The zero-order chi connectivity index (χ0) is 11.5. The summed E-state index contributed by atoms with van der Waals surface area (Å²) in [5.74, 6) is 0. The number of nitrogens with two attached hydrogens (primary N) is 1. The summed E-state index contributed by atoms with van der Waals surface area (Å²) >= 11 is 0. The van der Waals surface area contributed by atoms with Crippen molar-refractivity contribution in [1.29, 1.82) is 0 Å². The second-order valence-corrected chi connectivity index (χ2v) is 4.44. The predicted molar refractivity (Wildman–Crippen MR) is 66.7 cm³/mol. The van der Waals surface area contributed by atoms with Gasteiger partial charge in [-0.25, -0.2) is 0 Å². The number of anilines is 1. The number of hydrogen-bond donors (Lipinski definition) is 1. The van der Waals surface area contributed by atoms with E-state index in [1.54, 1.807) is 0 Å². The van der Waals surface area contributed by atoms with Crippen molar-refractivity contribution in [3.05, 3.63) is 29.3 Å². The van der Waals surface area contributed by atoms with Gasteiger partial charge in [0.05, 0.1) is 12.7 Å². The number of morpholine rings is 1. The van der Waals surface area contributed by atoms with Gasteiger partial charge < -0.3 is 15.4 Å². The summed E-state index contributed by atoms with van der Waals surface area (Å²) in [4.78, 5) is 2.38. The number of hydrogen-bond acceptors (Lipinski definition) is 3. The topological polar surface area (TPSA) is 38.5 Å². The van der Waals surface area contributed by atoms with Crippen molar-refractivity contribution in [2.24, 2.45) is 5.73 Å². The second-order valence-electron chi connectivity index (χ2n) is 4.44. The first-order valence-electron chi connectivity index (χ1n) is 5.87. The monoisotopic (exact) mass is 220 g/mol. The van der Waals surface area contributed by atoms with E-state index in [0.29, 0.717) is 12.6 Å². The van der Waals surface area contributed by atoms with Crippen LogP contribution in [-0.4, -0.2) is 25.8 Å². The first-order chi connectivity index (χ1) is 7.70. The number of aryl methyl sites for hydroxylation is 1. The summed E-state index contributed by atoms with van der Waals surface area (Å²) in [5.41, 5.74) is 9.45. The summed E-state index contributed by atoms with van der Waals surface area (Å²) in [6.07, 6.45) is 0.322. The molecule has 1 heterocycles. The third kappa shape index (κ3) is 2.36. The minimum atomic E-state index is 0.322. The normalized spacial score (nSPS) is 21.2. The molecule has 1 aromatic rings. The first-order valence-corrected chi connectivity index (χ1v) is 5.87. The Morgan fingerprint density at radius 3 is 2.94 bits per heavy atom. The van der Waals surface area contributed by atoms with E-state index >= 15 is 0 Å². The highest BCUT2D eigenvalue weighted by atomic mass is 16.5. The van der Waals surface area contributed by atoms with Gasteiger partial charge in [0, 0.05) is 25.3 Å². The number of ether oxygens (including phenoxy) is 1. The van der Waals surface area contributed by atoms with Gasteiger partial charge in [0.1, 0.15) is 0 Å². The van der Waals surface area contributed by atoms with Crippen LogP contribution in [0.4, 0.5) is 5.69 Å². The van der Waals surface area contributed by atoms with Crippen molar-refractivity contribution < 1.29 is 4.74 Å². The number of rotatable bonds is 2. The highest BCUT2D eigenvalue weighted by Crippen LogP contribution is 2.21. The molecule has 1 aromatic carbocycles. The molecule has 2 rings (SSSR count). The number of benzene rings is 1. The van der Waals surface area contributed by atoms with Gasteiger partial charge in [0.25, 0.3) is 0 Å². The van der Waals surface area contributed by atoms with E-state index in [1.807, 2.05) is 0 Å². The molecule has 0 saturated carbocycles. The highest BCUT2D eigenvalue weighted by Gasteiger charge is 2.17. The van der Waals surface area contributed by atoms with Gasteiger partial charge in [-0.15, -0.1) is 0 Å². The van der Waals surface area contributed by atoms with Crippen LogP contribution >= 0.6 is 0 Å². The lowest BCUT2D eigenvalue weighted by atomic mass is 10.1. The molecule has 16 heavy (non-hydrogen) atoms. The molecule has 1 fully saturated rings. The molecule has 0 aliphatic carbocycles. The fraction of sp³-hybridized carbons (Fsp3) is 0.538. The van der Waals surface area contributed by atoms with E-state index in [2.05, 4.69) is 36.9 Å². The Bertz CT molecular complexity index is 365. The van der Waals surface area contributed by atoms with Crippen LogP contribution in [0.25, 0.3) is 0 Å². The van der Waals surface area contributed by atoms with E-state index in [1.165, 1.54) is 16.8 Å². The average molecular weight is 220 g/mol. The minimum Gasteiger partial charge on any atom is -0.375 e. The smallest absolute Gasteiger partial charge is 0.0722 e. The van der Waals surface area contributed by atoms with Crippen molar-refractivity contribution in [2.75, 3.05) is 24.6 Å². The summed E-state index contributed by atoms with van der Waals surface area (Å²) < 4.78 is 5.54. The maximum absolute atomic E-state index is 5.67. The molecule has 3 heteroatoms. The van der Waals surface area contributed by atoms with E-state index < -0.39 is 0 Å². The molecule has 1 aliphatic heterocycles. The molecule has 1 unspecified atom stereocenters. The van der Waals surface area contributed by atoms with Gasteiger partial charge in [0.2, 0.25) is 0 Å². The van der Waals surface area contributed by atoms with Crippen molar-refractivity contribution >= 4 is 5.69 Å². The molecule has 0 aromatic heterocycles. The van der Waals surface area contributed by atoms with E-state index in [0.717, 1.165) is 19.7 Å². The predicted octanol–water partition coefficient (Wildman–Crippen LogP) is 1.68. The van der Waals surface area contributed by atoms with Crippen LogP contribution in [0.15, 0.2) is 18.2 Å². The summed E-state index contributed by atoms with van der Waals surface area (Å²) in [6, 6.07) is 6.51. The fourth-order valence-electron chi connectivity index (χ4n) is 2.16. The first kappa shape index (κ1) is 11.4. The highest BCUT2D eigenvalue weighted by molar-refractivity contribution is 5.51. The van der Waals surface area contributed by atoms with Crippen LogP contribution in [0.1, 0.15) is 18.1 Å². The maximum Gasteiger partial charge on any atom is 0.0722 e. The van der Waals surface area contributed by atoms with E-state index in [-0.39, 0.29) is 0 Å². The summed E-state index contributed by atoms with van der Waals surface area (Å²) in [5, 5.41) is 0. The van der Waals surface area contributed by atoms with Crippen LogP contribution in [0.3, 0.4) is 0 Å². The lowest BCUT2D eigenvalue weighted by molar-refractivity contribution is 0.0532. The molecule has 0 spiro atoms. The van der Waals surface area contributed by atoms with Gasteiger partial charge in [-0.05, 0) is 37.1 Å². The average Bonchev–Trinajstić information content (AvgIpc) is 2.29. The SMILES string of the molecule is Cc1cc(N2CCOC(C)C2)ccc1CN. The van der Waals surface area contributed by atoms with E-state index in [9.17, 15) is 0 Å². The third-order valence-corrected chi connectivity index (χ3v) is 3.15. The molecule has 0 bridgehead atoms. The van der Waals surface area contributed by atoms with Crippen molar-refractivity contribution in [3.63, 3.8) is 0 Å². The lowest BCUT2D eigenvalue weighted by Crippen LogP contribution is -2.41. The van der Waals surface area contributed by atoms with Gasteiger partial charge in [0.15, 0.2) is 0 Å². The Labute approximate surface area is 97.2 Å². The van der Waals surface area contributed by atoms with Crippen molar-refractivity contribution in [2.45, 2.75) is 26.5 Å². The molecular formula is C13H20N2O. The zero-order valence-corrected chi connectivity index (χ0v) is 10.1. The third-order valence-electron chi connectivity index (χ3n) is 3.15. The van der Waals surface area contributed by atoms with Gasteiger partial charge in [-0.2, -0.15) is 0 Å². The van der Waals surface area contributed by atoms with Crippen LogP contribution in [0, 0.1) is 6.92 Å². The van der Waals surface area contributed by atoms with E-state index in [4.69, 9.17) is 10.5 Å². The standard InChI is InChI=1S/C13H20N2O/c1-10-7-13(4-3-12(10)8-14)15-5-6-16-11(2)9-15/h3-4,7,11H,5-6,8-9,14H2,1-2H3. The Balaban J connectivity index is 2.17. The summed E-state index contributed by atoms with van der Waals surface area (Å²) in [7, 11) is 0. The molecule has 88 valence electrons. The molecule has 1 atom stereocenters. The Kier molecular flexibility index (Phi) is 3.46. The Hall–Kier alpha value is -1.06. The van der Waals surface area contributed by atoms with Gasteiger partial charge in [-0.1, -0.05) is 6.07 Å². The maximum atomic E-state index is 5.67. The van der Waals surface area contributed by atoms with Crippen LogP contribution in [-0.2, 0) is 11.3 Å². The van der Waals surface area contributed by atoms with Crippen LogP contribution in [0.5, 0.6) is 0 Å². The van der Waals surface area contributed by atoms with Crippen molar-refractivity contribution in [3.8, 4) is 0 Å². The molecule has 1 aliphatic rings. The second kappa shape index (κ2) is 4.85. The van der Waals surface area contributed by atoms with Crippen LogP contribution in [0.2, 0.25) is 0 Å². The minimum absolute atomic E-state index is 0.322. The lowest BCUT2D eigenvalue weighted by Gasteiger charge is -2.33. The zero-order valence-electron chi connectivity index (χ0n) is 10.1. The fourth-order valence-corrected chi connectivity index (χ4v) is 2.16. The molecular weight excluding hydrogens is 200 g/mol. The number of nitrogens with zero attached hydrogens (tertiary/aromatic N) is 1. The molecule has 0 amide bonds. The Morgan fingerprint density at radius 2 is 2.31 bits per heavy atom.